The molecule has 2 aromatic carbocycles. The zero-order valence-corrected chi connectivity index (χ0v) is 17.0. The number of carbonyl (C=O) groups excluding carboxylic acids is 1. The molecule has 1 heterocycles. The second-order valence-corrected chi connectivity index (χ2v) is 6.77. The van der Waals surface area contributed by atoms with Crippen molar-refractivity contribution < 1.29 is 18.7 Å². The van der Waals surface area contributed by atoms with Gasteiger partial charge >= 0.3 is 0 Å². The molecule has 152 valence electrons. The summed E-state index contributed by atoms with van der Waals surface area (Å²) in [6, 6.07) is 13.6. The van der Waals surface area contributed by atoms with E-state index in [0.29, 0.717) is 37.6 Å². The van der Waals surface area contributed by atoms with Crippen LogP contribution in [0.3, 0.4) is 0 Å². The summed E-state index contributed by atoms with van der Waals surface area (Å²) in [5.74, 6) is 2.82. The van der Waals surface area contributed by atoms with Crippen LogP contribution in [0.2, 0.25) is 0 Å². The standard InChI is InChI=1S/C23H26N2O4/c1-16-5-4-6-17(2)23(16)28-14-13-24-21(26)11-12-22-25-15-20(29-22)18-7-9-19(27-3)10-8-18/h4-10,15H,11-14H2,1-3H3,(H,24,26). The number of para-hydroxylation sites is 1. The van der Waals surface area contributed by atoms with E-state index < -0.39 is 0 Å². The smallest absolute Gasteiger partial charge is 0.220 e. The zero-order chi connectivity index (χ0) is 20.6. The maximum Gasteiger partial charge on any atom is 0.220 e. The molecule has 0 saturated carbocycles. The molecule has 0 bridgehead atoms. The van der Waals surface area contributed by atoms with Crippen molar-refractivity contribution in [2.24, 2.45) is 0 Å². The summed E-state index contributed by atoms with van der Waals surface area (Å²) in [7, 11) is 1.63. The van der Waals surface area contributed by atoms with E-state index in [2.05, 4.69) is 10.3 Å². The molecule has 6 nitrogen and oxygen atoms in total. The number of hydrogen-bond acceptors (Lipinski definition) is 5. The number of amides is 1. The van der Waals surface area contributed by atoms with Crippen LogP contribution in [-0.4, -0.2) is 31.2 Å². The second-order valence-electron chi connectivity index (χ2n) is 6.77. The summed E-state index contributed by atoms with van der Waals surface area (Å²) >= 11 is 0. The van der Waals surface area contributed by atoms with Crippen molar-refractivity contribution in [2.45, 2.75) is 26.7 Å². The van der Waals surface area contributed by atoms with Crippen LogP contribution < -0.4 is 14.8 Å². The summed E-state index contributed by atoms with van der Waals surface area (Å²) < 4.78 is 16.7. The van der Waals surface area contributed by atoms with E-state index in [-0.39, 0.29) is 5.91 Å². The van der Waals surface area contributed by atoms with E-state index in [1.807, 2.05) is 56.3 Å². The molecule has 1 N–H and O–H groups in total. The van der Waals surface area contributed by atoms with Crippen LogP contribution in [-0.2, 0) is 11.2 Å². The number of aryl methyl sites for hydroxylation is 3. The zero-order valence-electron chi connectivity index (χ0n) is 17.0. The number of benzene rings is 2. The molecule has 0 radical (unpaired) electrons. The molecule has 0 fully saturated rings. The lowest BCUT2D eigenvalue weighted by molar-refractivity contribution is -0.121. The molecule has 1 aromatic heterocycles. The highest BCUT2D eigenvalue weighted by Gasteiger charge is 2.09. The predicted octanol–water partition coefficient (Wildman–Crippen LogP) is 4.09. The van der Waals surface area contributed by atoms with Gasteiger partial charge in [-0.05, 0) is 49.2 Å². The topological polar surface area (TPSA) is 73.6 Å². The lowest BCUT2D eigenvalue weighted by Gasteiger charge is -2.12. The van der Waals surface area contributed by atoms with Gasteiger partial charge in [-0.3, -0.25) is 4.79 Å². The van der Waals surface area contributed by atoms with Gasteiger partial charge in [0, 0.05) is 18.4 Å². The molecule has 0 aliphatic carbocycles. The fourth-order valence-corrected chi connectivity index (χ4v) is 2.99. The van der Waals surface area contributed by atoms with Gasteiger partial charge in [-0.25, -0.2) is 4.98 Å². The highest BCUT2D eigenvalue weighted by atomic mass is 16.5. The van der Waals surface area contributed by atoms with Gasteiger partial charge in [-0.15, -0.1) is 0 Å². The van der Waals surface area contributed by atoms with Crippen molar-refractivity contribution in [3.05, 3.63) is 65.7 Å². The lowest BCUT2D eigenvalue weighted by Crippen LogP contribution is -2.28. The molecule has 29 heavy (non-hydrogen) atoms. The summed E-state index contributed by atoms with van der Waals surface area (Å²) in [6.45, 7) is 4.91. The first-order valence-corrected chi connectivity index (χ1v) is 9.61. The minimum Gasteiger partial charge on any atom is -0.497 e. The van der Waals surface area contributed by atoms with Gasteiger partial charge in [-0.1, -0.05) is 18.2 Å². The lowest BCUT2D eigenvalue weighted by atomic mass is 10.1. The minimum absolute atomic E-state index is 0.0562. The largest absolute Gasteiger partial charge is 0.497 e. The normalized spacial score (nSPS) is 10.6. The van der Waals surface area contributed by atoms with Gasteiger partial charge in [-0.2, -0.15) is 0 Å². The van der Waals surface area contributed by atoms with Crippen molar-refractivity contribution in [3.63, 3.8) is 0 Å². The van der Waals surface area contributed by atoms with Gasteiger partial charge in [0.1, 0.15) is 18.1 Å². The number of ether oxygens (including phenoxy) is 2. The van der Waals surface area contributed by atoms with E-state index in [9.17, 15) is 4.79 Å². The highest BCUT2D eigenvalue weighted by molar-refractivity contribution is 5.76. The molecular weight excluding hydrogens is 368 g/mol. The molecule has 0 atom stereocenters. The van der Waals surface area contributed by atoms with Crippen LogP contribution in [0.1, 0.15) is 23.4 Å². The minimum atomic E-state index is -0.0562. The Morgan fingerprint density at radius 2 is 1.83 bits per heavy atom. The Hall–Kier alpha value is -3.28. The number of aromatic nitrogens is 1. The Morgan fingerprint density at radius 3 is 2.52 bits per heavy atom. The van der Waals surface area contributed by atoms with E-state index in [1.54, 1.807) is 13.3 Å². The number of methoxy groups -OCH3 is 1. The van der Waals surface area contributed by atoms with Crippen LogP contribution in [0, 0.1) is 13.8 Å². The van der Waals surface area contributed by atoms with Crippen molar-refractivity contribution >= 4 is 5.91 Å². The first-order chi connectivity index (χ1) is 14.1. The summed E-state index contributed by atoms with van der Waals surface area (Å²) in [5, 5.41) is 2.87. The molecule has 0 spiro atoms. The molecule has 1 amide bonds. The third-order valence-electron chi connectivity index (χ3n) is 4.57. The van der Waals surface area contributed by atoms with E-state index >= 15 is 0 Å². The monoisotopic (exact) mass is 394 g/mol. The van der Waals surface area contributed by atoms with E-state index in [0.717, 1.165) is 28.2 Å². The number of nitrogens with zero attached hydrogens (tertiary/aromatic N) is 1. The molecule has 6 heteroatoms. The number of oxazole rings is 1. The van der Waals surface area contributed by atoms with E-state index in [4.69, 9.17) is 13.9 Å². The fraction of sp³-hybridized carbons (Fsp3) is 0.304. The quantitative estimate of drug-likeness (QED) is 0.553. The van der Waals surface area contributed by atoms with Crippen LogP contribution in [0.5, 0.6) is 11.5 Å². The van der Waals surface area contributed by atoms with Gasteiger partial charge in [0.25, 0.3) is 0 Å². The van der Waals surface area contributed by atoms with Crippen LogP contribution in [0.4, 0.5) is 0 Å². The summed E-state index contributed by atoms with van der Waals surface area (Å²) in [4.78, 5) is 16.3. The molecule has 0 aliphatic rings. The van der Waals surface area contributed by atoms with Crippen LogP contribution in [0.15, 0.2) is 53.1 Å². The molecule has 0 aliphatic heterocycles. The van der Waals surface area contributed by atoms with Crippen molar-refractivity contribution in [1.29, 1.82) is 0 Å². The summed E-state index contributed by atoms with van der Waals surface area (Å²) in [6.07, 6.45) is 2.43. The Morgan fingerprint density at radius 1 is 1.10 bits per heavy atom. The van der Waals surface area contributed by atoms with Crippen molar-refractivity contribution in [3.8, 4) is 22.8 Å². The average molecular weight is 394 g/mol. The average Bonchev–Trinajstić information content (AvgIpc) is 3.20. The van der Waals surface area contributed by atoms with E-state index in [1.165, 1.54) is 0 Å². The number of nitrogens with one attached hydrogen (secondary N) is 1. The van der Waals surface area contributed by atoms with Gasteiger partial charge in [0.2, 0.25) is 5.91 Å². The first kappa shape index (κ1) is 20.5. The van der Waals surface area contributed by atoms with Crippen LogP contribution in [0.25, 0.3) is 11.3 Å². The first-order valence-electron chi connectivity index (χ1n) is 9.61. The maximum absolute atomic E-state index is 12.1. The van der Waals surface area contributed by atoms with Gasteiger partial charge < -0.3 is 19.2 Å². The van der Waals surface area contributed by atoms with Gasteiger partial charge in [0.15, 0.2) is 11.7 Å². The molecule has 0 unspecified atom stereocenters. The Labute approximate surface area is 170 Å². The molecule has 3 rings (SSSR count). The molecule has 3 aromatic rings. The maximum atomic E-state index is 12.1. The van der Waals surface area contributed by atoms with Crippen LogP contribution >= 0.6 is 0 Å². The Kier molecular flexibility index (Phi) is 6.89. The highest BCUT2D eigenvalue weighted by Crippen LogP contribution is 2.24. The van der Waals surface area contributed by atoms with Crippen molar-refractivity contribution in [2.75, 3.05) is 20.3 Å². The van der Waals surface area contributed by atoms with Crippen molar-refractivity contribution in [1.82, 2.24) is 10.3 Å². The Balaban J connectivity index is 1.41. The summed E-state index contributed by atoms with van der Waals surface area (Å²) in [5.41, 5.74) is 3.10. The third kappa shape index (κ3) is 5.60. The van der Waals surface area contributed by atoms with Gasteiger partial charge in [0.05, 0.1) is 19.9 Å². The Bertz CT molecular complexity index is 928. The number of rotatable bonds is 9. The predicted molar refractivity (Wildman–Crippen MR) is 111 cm³/mol. The number of carbonyl (C=O) groups is 1. The molecular formula is C23H26N2O4. The second kappa shape index (κ2) is 9.78. The number of hydrogen-bond donors (Lipinski definition) is 1. The third-order valence-corrected chi connectivity index (χ3v) is 4.57. The fourth-order valence-electron chi connectivity index (χ4n) is 2.99. The SMILES string of the molecule is COc1ccc(-c2cnc(CCC(=O)NCCOc3c(C)cccc3C)o2)cc1. The molecule has 0 saturated heterocycles.